The molecule has 2 aromatic heterocycles. The van der Waals surface area contributed by atoms with Crippen molar-refractivity contribution in [2.45, 2.75) is 33.2 Å². The lowest BCUT2D eigenvalue weighted by Crippen LogP contribution is -2.48. The fourth-order valence-electron chi connectivity index (χ4n) is 3.22. The third-order valence-electron chi connectivity index (χ3n) is 4.56. The number of thiophene rings is 1. The lowest BCUT2D eigenvalue weighted by atomic mass is 9.86. The Morgan fingerprint density at radius 1 is 1.43 bits per heavy atom. The van der Waals surface area contributed by atoms with Crippen LogP contribution >= 0.6 is 11.3 Å². The monoisotopic (exact) mass is 303 g/mol. The highest BCUT2D eigenvalue weighted by atomic mass is 32.1. The summed E-state index contributed by atoms with van der Waals surface area (Å²) in [5.74, 6) is 1.11. The van der Waals surface area contributed by atoms with Gasteiger partial charge in [0.05, 0.1) is 5.69 Å². The average Bonchev–Trinajstić information content (AvgIpc) is 2.80. The van der Waals surface area contributed by atoms with Gasteiger partial charge in [-0.2, -0.15) is 0 Å². The number of hydrogen-bond donors (Lipinski definition) is 1. The van der Waals surface area contributed by atoms with Gasteiger partial charge in [0.15, 0.2) is 0 Å². The second-order valence-corrected chi connectivity index (χ2v) is 7.22. The Bertz CT molecular complexity index is 681. The van der Waals surface area contributed by atoms with Crippen molar-refractivity contribution in [3.8, 4) is 0 Å². The summed E-state index contributed by atoms with van der Waals surface area (Å²) in [6.45, 7) is 7.37. The van der Waals surface area contributed by atoms with E-state index in [1.807, 2.05) is 17.0 Å². The zero-order chi connectivity index (χ0) is 15.1. The predicted molar refractivity (Wildman–Crippen MR) is 87.5 cm³/mol. The minimum absolute atomic E-state index is 0.0569. The highest BCUT2D eigenvalue weighted by molar-refractivity contribution is 7.21. The largest absolute Gasteiger partial charge is 0.397 e. The molecule has 1 aliphatic heterocycles. The van der Waals surface area contributed by atoms with Crippen LogP contribution in [0.1, 0.15) is 36.9 Å². The van der Waals surface area contributed by atoms with Gasteiger partial charge in [-0.05, 0) is 37.3 Å². The van der Waals surface area contributed by atoms with E-state index in [2.05, 4.69) is 25.8 Å². The Kier molecular flexibility index (Phi) is 3.61. The van der Waals surface area contributed by atoms with Gasteiger partial charge < -0.3 is 10.6 Å². The first-order valence-electron chi connectivity index (χ1n) is 7.43. The number of rotatable bonds is 1. The molecule has 3 rings (SSSR count). The maximum absolute atomic E-state index is 12.9. The zero-order valence-corrected chi connectivity index (χ0v) is 13.5. The third-order valence-corrected chi connectivity index (χ3v) is 5.67. The molecule has 1 fully saturated rings. The van der Waals surface area contributed by atoms with E-state index in [9.17, 15) is 4.79 Å². The smallest absolute Gasteiger partial charge is 0.266 e. The van der Waals surface area contributed by atoms with E-state index < -0.39 is 0 Å². The summed E-state index contributed by atoms with van der Waals surface area (Å²) in [6, 6.07) is 4.04. The van der Waals surface area contributed by atoms with Crippen LogP contribution in [0, 0.1) is 11.8 Å². The van der Waals surface area contributed by atoms with Crippen LogP contribution in [0.15, 0.2) is 18.3 Å². The van der Waals surface area contributed by atoms with Crippen molar-refractivity contribution in [3.05, 3.63) is 23.2 Å². The van der Waals surface area contributed by atoms with Crippen LogP contribution in [-0.4, -0.2) is 28.4 Å². The molecule has 0 aromatic carbocycles. The molecule has 0 radical (unpaired) electrons. The number of fused-ring (bicyclic) bond motifs is 1. The molecule has 21 heavy (non-hydrogen) atoms. The number of amides is 1. The van der Waals surface area contributed by atoms with Crippen molar-refractivity contribution < 1.29 is 4.79 Å². The third kappa shape index (κ3) is 2.39. The van der Waals surface area contributed by atoms with Gasteiger partial charge in [0.2, 0.25) is 0 Å². The van der Waals surface area contributed by atoms with Crippen molar-refractivity contribution >= 4 is 33.1 Å². The molecule has 0 bridgehead atoms. The molecule has 3 unspecified atom stereocenters. The van der Waals surface area contributed by atoms with Crippen LogP contribution in [0.25, 0.3) is 10.2 Å². The molecule has 112 valence electrons. The van der Waals surface area contributed by atoms with E-state index in [-0.39, 0.29) is 11.9 Å². The number of carbonyl (C=O) groups is 1. The molecule has 5 heteroatoms. The van der Waals surface area contributed by atoms with Gasteiger partial charge in [-0.25, -0.2) is 4.98 Å². The number of pyridine rings is 1. The standard InChI is InChI=1S/C16H21N3OS/c1-9-7-10(2)11(3)19(8-9)16(20)14-13(17)12-5-4-6-18-15(12)21-14/h4-6,9-11H,7-8,17H2,1-3H3. The molecule has 0 aliphatic carbocycles. The summed E-state index contributed by atoms with van der Waals surface area (Å²) in [6.07, 6.45) is 2.91. The van der Waals surface area contributed by atoms with Gasteiger partial charge >= 0.3 is 0 Å². The fourth-order valence-corrected chi connectivity index (χ4v) is 4.24. The van der Waals surface area contributed by atoms with Gasteiger partial charge in [-0.15, -0.1) is 11.3 Å². The lowest BCUT2D eigenvalue weighted by Gasteiger charge is -2.41. The summed E-state index contributed by atoms with van der Waals surface area (Å²) in [5, 5.41) is 0.886. The van der Waals surface area contributed by atoms with Gasteiger partial charge in [0.25, 0.3) is 5.91 Å². The number of nitrogens with zero attached hydrogens (tertiary/aromatic N) is 2. The first-order chi connectivity index (χ1) is 9.99. The molecule has 4 nitrogen and oxygen atoms in total. The topological polar surface area (TPSA) is 59.2 Å². The van der Waals surface area contributed by atoms with E-state index >= 15 is 0 Å². The number of anilines is 1. The summed E-state index contributed by atoms with van der Waals surface area (Å²) >= 11 is 1.40. The molecule has 0 saturated carbocycles. The van der Waals surface area contributed by atoms with Crippen molar-refractivity contribution in [1.82, 2.24) is 9.88 Å². The second-order valence-electron chi connectivity index (χ2n) is 6.22. The van der Waals surface area contributed by atoms with Crippen molar-refractivity contribution in [3.63, 3.8) is 0 Å². The Morgan fingerprint density at radius 3 is 2.90 bits per heavy atom. The maximum atomic E-state index is 12.9. The molecule has 1 aliphatic rings. The summed E-state index contributed by atoms with van der Waals surface area (Å²) in [5.41, 5.74) is 6.76. The Balaban J connectivity index is 1.98. The van der Waals surface area contributed by atoms with Crippen LogP contribution in [0.4, 0.5) is 5.69 Å². The Labute approximate surface area is 129 Å². The minimum Gasteiger partial charge on any atom is -0.397 e. The van der Waals surface area contributed by atoms with Gasteiger partial charge in [-0.3, -0.25) is 4.79 Å². The van der Waals surface area contributed by atoms with E-state index in [4.69, 9.17) is 5.73 Å². The number of piperidine rings is 1. The van der Waals surface area contributed by atoms with Crippen LogP contribution in [0.5, 0.6) is 0 Å². The maximum Gasteiger partial charge on any atom is 0.266 e. The average molecular weight is 303 g/mol. The van der Waals surface area contributed by atoms with E-state index in [0.29, 0.717) is 22.4 Å². The van der Waals surface area contributed by atoms with Crippen molar-refractivity contribution in [1.29, 1.82) is 0 Å². The number of likely N-dealkylation sites (tertiary alicyclic amines) is 1. The summed E-state index contributed by atoms with van der Waals surface area (Å²) in [4.78, 5) is 20.7. The summed E-state index contributed by atoms with van der Waals surface area (Å²) in [7, 11) is 0. The van der Waals surface area contributed by atoms with Crippen LogP contribution in [-0.2, 0) is 0 Å². The second kappa shape index (κ2) is 5.30. The van der Waals surface area contributed by atoms with Gasteiger partial charge in [-0.1, -0.05) is 13.8 Å². The highest BCUT2D eigenvalue weighted by Gasteiger charge is 2.34. The number of hydrogen-bond acceptors (Lipinski definition) is 4. The van der Waals surface area contributed by atoms with E-state index in [1.54, 1.807) is 6.20 Å². The normalized spacial score (nSPS) is 26.2. The van der Waals surface area contributed by atoms with Crippen molar-refractivity contribution in [2.24, 2.45) is 11.8 Å². The number of carbonyl (C=O) groups excluding carboxylic acids is 1. The summed E-state index contributed by atoms with van der Waals surface area (Å²) < 4.78 is 0. The highest BCUT2D eigenvalue weighted by Crippen LogP contribution is 2.35. The molecular formula is C16H21N3OS. The van der Waals surface area contributed by atoms with Crippen LogP contribution in [0.2, 0.25) is 0 Å². The van der Waals surface area contributed by atoms with Gasteiger partial charge in [0.1, 0.15) is 9.71 Å². The predicted octanol–water partition coefficient (Wildman–Crippen LogP) is 3.39. The number of nitrogens with two attached hydrogens (primary N) is 1. The Morgan fingerprint density at radius 2 is 2.19 bits per heavy atom. The number of nitrogen functional groups attached to an aromatic ring is 1. The number of aromatic nitrogens is 1. The van der Waals surface area contributed by atoms with Crippen LogP contribution in [0.3, 0.4) is 0 Å². The molecule has 1 amide bonds. The quantitative estimate of drug-likeness (QED) is 0.878. The first-order valence-corrected chi connectivity index (χ1v) is 8.24. The molecule has 2 N–H and O–H groups in total. The first kappa shape index (κ1) is 14.3. The molecular weight excluding hydrogens is 282 g/mol. The molecule has 0 spiro atoms. The molecule has 3 atom stereocenters. The Hall–Kier alpha value is -1.62. The fraction of sp³-hybridized carbons (Fsp3) is 0.500. The zero-order valence-electron chi connectivity index (χ0n) is 12.7. The lowest BCUT2D eigenvalue weighted by molar-refractivity contribution is 0.0461. The van der Waals surface area contributed by atoms with E-state index in [0.717, 1.165) is 16.8 Å². The van der Waals surface area contributed by atoms with Gasteiger partial charge in [0, 0.05) is 24.2 Å². The van der Waals surface area contributed by atoms with Crippen molar-refractivity contribution in [2.75, 3.05) is 12.3 Å². The molecule has 3 heterocycles. The van der Waals surface area contributed by atoms with E-state index in [1.165, 1.54) is 17.8 Å². The molecule has 1 saturated heterocycles. The van der Waals surface area contributed by atoms with Crippen LogP contribution < -0.4 is 5.73 Å². The molecule has 2 aromatic rings. The minimum atomic E-state index is 0.0569. The SMILES string of the molecule is CC1CC(C)C(C)N(C(=O)c2sc3ncccc3c2N)C1.